The van der Waals surface area contributed by atoms with E-state index in [1.165, 1.54) is 16.1 Å². The fourth-order valence-corrected chi connectivity index (χ4v) is 3.63. The number of guanidine groups is 1. The van der Waals surface area contributed by atoms with Crippen molar-refractivity contribution >= 4 is 41.3 Å². The minimum absolute atomic E-state index is 0. The zero-order valence-electron chi connectivity index (χ0n) is 16.3. The highest BCUT2D eigenvalue weighted by Crippen LogP contribution is 2.11. The Morgan fingerprint density at radius 3 is 2.68 bits per heavy atom. The molecule has 0 unspecified atom stereocenters. The molecule has 28 heavy (non-hydrogen) atoms. The Balaban J connectivity index is 0.00000280. The average molecular weight is 510 g/mol. The smallest absolute Gasteiger partial charge is 0.191 e. The first-order chi connectivity index (χ1) is 13.2. The van der Waals surface area contributed by atoms with Gasteiger partial charge in [-0.15, -0.1) is 35.3 Å². The van der Waals surface area contributed by atoms with Gasteiger partial charge in [0.05, 0.1) is 11.6 Å². The zero-order valence-corrected chi connectivity index (χ0v) is 19.4. The summed E-state index contributed by atoms with van der Waals surface area (Å²) in [6.07, 6.45) is 5.81. The lowest BCUT2D eigenvalue weighted by atomic mass is 10.1. The van der Waals surface area contributed by atoms with Crippen LogP contribution in [0.1, 0.15) is 28.2 Å². The van der Waals surface area contributed by atoms with Crippen LogP contribution in [0.5, 0.6) is 0 Å². The summed E-state index contributed by atoms with van der Waals surface area (Å²) in [4.78, 5) is 8.82. The van der Waals surface area contributed by atoms with Crippen LogP contribution in [0.4, 0.5) is 0 Å². The molecule has 0 aliphatic heterocycles. The maximum atomic E-state index is 4.50. The molecule has 0 atom stereocenters. The van der Waals surface area contributed by atoms with Crippen molar-refractivity contribution in [1.29, 1.82) is 0 Å². The number of nitrogens with one attached hydrogen (secondary N) is 2. The van der Waals surface area contributed by atoms with E-state index in [1.54, 1.807) is 24.6 Å². The van der Waals surface area contributed by atoms with Crippen molar-refractivity contribution in [3.8, 4) is 0 Å². The van der Waals surface area contributed by atoms with Crippen LogP contribution in [0.2, 0.25) is 0 Å². The summed E-state index contributed by atoms with van der Waals surface area (Å²) < 4.78 is 1.94. The maximum absolute atomic E-state index is 4.50. The summed E-state index contributed by atoms with van der Waals surface area (Å²) in [6.45, 7) is 4.40. The molecule has 2 aromatic heterocycles. The van der Waals surface area contributed by atoms with Gasteiger partial charge in [0, 0.05) is 50.0 Å². The van der Waals surface area contributed by atoms with Gasteiger partial charge >= 0.3 is 0 Å². The predicted molar refractivity (Wildman–Crippen MR) is 127 cm³/mol. The van der Waals surface area contributed by atoms with Crippen molar-refractivity contribution in [1.82, 2.24) is 25.4 Å². The van der Waals surface area contributed by atoms with Crippen LogP contribution in [0.25, 0.3) is 0 Å². The largest absolute Gasteiger partial charge is 0.356 e. The number of hydrogen-bond donors (Lipinski definition) is 2. The lowest BCUT2D eigenvalue weighted by molar-refractivity contribution is 0.676. The molecular formula is C20H27IN6S. The summed E-state index contributed by atoms with van der Waals surface area (Å²) >= 11 is 1.73. The molecule has 0 radical (unpaired) electrons. The van der Waals surface area contributed by atoms with Crippen LogP contribution in [-0.2, 0) is 19.5 Å². The number of aliphatic imine (C=N–C) groups is 1. The maximum Gasteiger partial charge on any atom is 0.191 e. The highest BCUT2D eigenvalue weighted by atomic mass is 127. The van der Waals surface area contributed by atoms with E-state index in [-0.39, 0.29) is 24.0 Å². The van der Waals surface area contributed by atoms with E-state index >= 15 is 0 Å². The Labute approximate surface area is 187 Å². The number of rotatable bonds is 8. The number of hydrogen-bond acceptors (Lipinski definition) is 4. The number of thiazole rings is 1. The van der Waals surface area contributed by atoms with Crippen LogP contribution < -0.4 is 10.6 Å². The average Bonchev–Trinajstić information content (AvgIpc) is 3.34. The molecule has 0 fully saturated rings. The summed E-state index contributed by atoms with van der Waals surface area (Å²) in [5.41, 5.74) is 3.60. The van der Waals surface area contributed by atoms with E-state index in [0.29, 0.717) is 0 Å². The molecule has 3 aromatic rings. The van der Waals surface area contributed by atoms with E-state index in [9.17, 15) is 0 Å². The summed E-state index contributed by atoms with van der Waals surface area (Å²) in [7, 11) is 1.80. The molecular weight excluding hydrogens is 483 g/mol. The van der Waals surface area contributed by atoms with Crippen molar-refractivity contribution in [2.75, 3.05) is 13.6 Å². The second kappa shape index (κ2) is 11.8. The number of nitrogens with zero attached hydrogens (tertiary/aromatic N) is 4. The standard InChI is InChI=1S/C20H26N6S.HI/c1-16-15-27-19(25-16)9-5-10-22-20(21-2)23-13-17-7-3-4-8-18(17)14-26-12-6-11-24-26;/h3-4,6-8,11-12,15H,5,9-10,13-14H2,1-2H3,(H2,21,22,23);1H. The van der Waals surface area contributed by atoms with Crippen LogP contribution in [0.15, 0.2) is 53.1 Å². The molecule has 0 aliphatic rings. The lowest BCUT2D eigenvalue weighted by Gasteiger charge is -2.14. The van der Waals surface area contributed by atoms with Gasteiger partial charge in [0.15, 0.2) is 5.96 Å². The summed E-state index contributed by atoms with van der Waals surface area (Å²) in [6, 6.07) is 10.4. The van der Waals surface area contributed by atoms with E-state index in [4.69, 9.17) is 0 Å². The van der Waals surface area contributed by atoms with Gasteiger partial charge in [0.25, 0.3) is 0 Å². The molecule has 0 bridgehead atoms. The predicted octanol–water partition coefficient (Wildman–Crippen LogP) is 3.61. The fourth-order valence-electron chi connectivity index (χ4n) is 2.82. The Bertz CT molecular complexity index is 859. The zero-order chi connectivity index (χ0) is 18.9. The molecule has 0 spiro atoms. The van der Waals surface area contributed by atoms with E-state index in [1.807, 2.05) is 23.9 Å². The highest BCUT2D eigenvalue weighted by molar-refractivity contribution is 14.0. The highest BCUT2D eigenvalue weighted by Gasteiger charge is 2.05. The van der Waals surface area contributed by atoms with Gasteiger partial charge in [-0.25, -0.2) is 4.98 Å². The first kappa shape index (κ1) is 22.4. The number of aromatic nitrogens is 3. The Morgan fingerprint density at radius 2 is 2.00 bits per heavy atom. The minimum atomic E-state index is 0. The third-order valence-electron chi connectivity index (χ3n) is 4.21. The van der Waals surface area contributed by atoms with Gasteiger partial charge in [0.2, 0.25) is 0 Å². The van der Waals surface area contributed by atoms with Crippen LogP contribution in [0, 0.1) is 6.92 Å². The molecule has 1 aromatic carbocycles. The molecule has 2 heterocycles. The third kappa shape index (κ3) is 6.90. The van der Waals surface area contributed by atoms with Crippen LogP contribution in [0.3, 0.4) is 0 Å². The summed E-state index contributed by atoms with van der Waals surface area (Å²) in [5, 5.41) is 14.4. The Morgan fingerprint density at radius 1 is 1.18 bits per heavy atom. The quantitative estimate of drug-likeness (QED) is 0.210. The molecule has 8 heteroatoms. The first-order valence-electron chi connectivity index (χ1n) is 9.14. The molecule has 3 rings (SSSR count). The van der Waals surface area contributed by atoms with E-state index in [2.05, 4.69) is 55.4 Å². The lowest BCUT2D eigenvalue weighted by Crippen LogP contribution is -2.37. The second-order valence-corrected chi connectivity index (χ2v) is 7.25. The van der Waals surface area contributed by atoms with Gasteiger partial charge in [-0.3, -0.25) is 9.67 Å². The van der Waals surface area contributed by atoms with Gasteiger partial charge in [-0.1, -0.05) is 24.3 Å². The number of benzene rings is 1. The number of halogens is 1. The van der Waals surface area contributed by atoms with Crippen molar-refractivity contribution in [3.63, 3.8) is 0 Å². The SMILES string of the molecule is CN=C(NCCCc1nc(C)cs1)NCc1ccccc1Cn1cccn1.I. The van der Waals surface area contributed by atoms with Gasteiger partial charge in [-0.05, 0) is 30.5 Å². The monoisotopic (exact) mass is 510 g/mol. The minimum Gasteiger partial charge on any atom is -0.356 e. The van der Waals surface area contributed by atoms with E-state index < -0.39 is 0 Å². The molecule has 0 aliphatic carbocycles. The van der Waals surface area contributed by atoms with E-state index in [0.717, 1.165) is 44.1 Å². The van der Waals surface area contributed by atoms with Crippen LogP contribution in [-0.4, -0.2) is 34.3 Å². The Kier molecular flexibility index (Phi) is 9.42. The van der Waals surface area contributed by atoms with Gasteiger partial charge in [0.1, 0.15) is 0 Å². The molecule has 6 nitrogen and oxygen atoms in total. The third-order valence-corrected chi connectivity index (χ3v) is 5.23. The first-order valence-corrected chi connectivity index (χ1v) is 10.0. The van der Waals surface area contributed by atoms with Crippen molar-refractivity contribution < 1.29 is 0 Å². The molecule has 2 N–H and O–H groups in total. The number of aryl methyl sites for hydroxylation is 2. The van der Waals surface area contributed by atoms with Crippen molar-refractivity contribution in [3.05, 3.63) is 69.9 Å². The Hall–Kier alpha value is -1.94. The fraction of sp³-hybridized carbons (Fsp3) is 0.350. The van der Waals surface area contributed by atoms with Crippen LogP contribution >= 0.6 is 35.3 Å². The summed E-state index contributed by atoms with van der Waals surface area (Å²) in [5.74, 6) is 0.819. The second-order valence-electron chi connectivity index (χ2n) is 6.31. The molecule has 150 valence electrons. The normalized spacial score (nSPS) is 11.1. The molecule has 0 amide bonds. The van der Waals surface area contributed by atoms with Crippen molar-refractivity contribution in [2.45, 2.75) is 32.9 Å². The van der Waals surface area contributed by atoms with Gasteiger partial charge in [-0.2, -0.15) is 5.10 Å². The molecule has 0 saturated heterocycles. The van der Waals surface area contributed by atoms with Crippen molar-refractivity contribution in [2.24, 2.45) is 4.99 Å². The molecule has 0 saturated carbocycles. The topological polar surface area (TPSA) is 67.1 Å². The van der Waals surface area contributed by atoms with Gasteiger partial charge < -0.3 is 10.6 Å².